The Labute approximate surface area is 129 Å². The molecule has 114 valence electrons. The summed E-state index contributed by atoms with van der Waals surface area (Å²) in [5.41, 5.74) is 2.15. The minimum Gasteiger partial charge on any atom is -0.496 e. The van der Waals surface area contributed by atoms with Crippen LogP contribution in [-0.4, -0.2) is 22.1 Å². The van der Waals surface area contributed by atoms with Gasteiger partial charge in [-0.25, -0.2) is 0 Å². The summed E-state index contributed by atoms with van der Waals surface area (Å²) in [5.74, 6) is 0.909. The SMILES string of the molecule is CCn1ncc(CNCc2cc(OC)c3ccccc3c2)n1. The molecule has 0 aliphatic heterocycles. The van der Waals surface area contributed by atoms with E-state index in [1.165, 1.54) is 10.9 Å². The molecule has 0 saturated heterocycles. The Morgan fingerprint density at radius 1 is 1.18 bits per heavy atom. The van der Waals surface area contributed by atoms with Crippen LogP contribution in [0.15, 0.2) is 42.6 Å². The van der Waals surface area contributed by atoms with E-state index >= 15 is 0 Å². The number of fused-ring (bicyclic) bond motifs is 1. The van der Waals surface area contributed by atoms with Gasteiger partial charge >= 0.3 is 0 Å². The highest BCUT2D eigenvalue weighted by Crippen LogP contribution is 2.27. The molecule has 0 spiro atoms. The molecule has 0 atom stereocenters. The van der Waals surface area contributed by atoms with Crippen molar-refractivity contribution in [2.45, 2.75) is 26.6 Å². The summed E-state index contributed by atoms with van der Waals surface area (Å²) in [6, 6.07) is 12.5. The Hall–Kier alpha value is -2.40. The second-order valence-corrected chi connectivity index (χ2v) is 5.15. The third kappa shape index (κ3) is 3.09. The summed E-state index contributed by atoms with van der Waals surface area (Å²) < 4.78 is 5.50. The third-order valence-electron chi connectivity index (χ3n) is 3.61. The van der Waals surface area contributed by atoms with Gasteiger partial charge < -0.3 is 10.1 Å². The topological polar surface area (TPSA) is 52.0 Å². The van der Waals surface area contributed by atoms with Gasteiger partial charge in [0, 0.05) is 18.5 Å². The van der Waals surface area contributed by atoms with Crippen molar-refractivity contribution in [2.75, 3.05) is 7.11 Å². The zero-order chi connectivity index (χ0) is 15.4. The van der Waals surface area contributed by atoms with Gasteiger partial charge in [0.1, 0.15) is 5.75 Å². The Morgan fingerprint density at radius 2 is 2.05 bits per heavy atom. The molecule has 0 bridgehead atoms. The fourth-order valence-electron chi connectivity index (χ4n) is 2.51. The molecule has 0 unspecified atom stereocenters. The number of hydrogen-bond donors (Lipinski definition) is 1. The highest BCUT2D eigenvalue weighted by Gasteiger charge is 2.05. The van der Waals surface area contributed by atoms with Crippen molar-refractivity contribution in [3.8, 4) is 5.75 Å². The lowest BCUT2D eigenvalue weighted by Gasteiger charge is -2.09. The van der Waals surface area contributed by atoms with Crippen molar-refractivity contribution >= 4 is 10.8 Å². The highest BCUT2D eigenvalue weighted by atomic mass is 16.5. The summed E-state index contributed by atoms with van der Waals surface area (Å²) in [4.78, 5) is 1.69. The molecule has 1 heterocycles. The summed E-state index contributed by atoms with van der Waals surface area (Å²) in [7, 11) is 1.71. The smallest absolute Gasteiger partial charge is 0.127 e. The average molecular weight is 296 g/mol. The summed E-state index contributed by atoms with van der Waals surface area (Å²) in [5, 5.41) is 14.3. The molecular weight excluding hydrogens is 276 g/mol. The molecule has 5 nitrogen and oxygen atoms in total. The Kier molecular flexibility index (Phi) is 4.34. The van der Waals surface area contributed by atoms with Gasteiger partial charge in [0.15, 0.2) is 0 Å². The van der Waals surface area contributed by atoms with E-state index in [-0.39, 0.29) is 0 Å². The van der Waals surface area contributed by atoms with Crippen LogP contribution in [0.4, 0.5) is 0 Å². The predicted octanol–water partition coefficient (Wildman–Crippen LogP) is 2.75. The molecule has 0 fully saturated rings. The standard InChI is InChI=1S/C17H20N4O/c1-3-21-19-12-15(20-21)11-18-10-13-8-14-6-4-5-7-16(14)17(9-13)22-2/h4-9,12,18H,3,10-11H2,1-2H3. The molecular formula is C17H20N4O. The largest absolute Gasteiger partial charge is 0.496 e. The van der Waals surface area contributed by atoms with Gasteiger partial charge in [-0.05, 0) is 30.0 Å². The first-order chi connectivity index (χ1) is 10.8. The maximum absolute atomic E-state index is 5.50. The van der Waals surface area contributed by atoms with Gasteiger partial charge in [0.05, 0.1) is 25.5 Å². The second kappa shape index (κ2) is 6.58. The normalized spacial score (nSPS) is 11.0. The van der Waals surface area contributed by atoms with Gasteiger partial charge in [-0.1, -0.05) is 24.3 Å². The Morgan fingerprint density at radius 3 is 2.82 bits per heavy atom. The lowest BCUT2D eigenvalue weighted by molar-refractivity contribution is 0.419. The van der Waals surface area contributed by atoms with E-state index in [0.717, 1.165) is 29.9 Å². The van der Waals surface area contributed by atoms with Crippen LogP contribution in [0, 0.1) is 0 Å². The van der Waals surface area contributed by atoms with Gasteiger partial charge in [0.2, 0.25) is 0 Å². The fraction of sp³-hybridized carbons (Fsp3) is 0.294. The predicted molar refractivity (Wildman–Crippen MR) is 86.7 cm³/mol. The van der Waals surface area contributed by atoms with E-state index in [1.807, 2.05) is 19.1 Å². The number of rotatable bonds is 6. The molecule has 5 heteroatoms. The maximum atomic E-state index is 5.50. The summed E-state index contributed by atoms with van der Waals surface area (Å²) >= 11 is 0. The molecule has 1 aromatic heterocycles. The van der Waals surface area contributed by atoms with Crippen molar-refractivity contribution in [1.29, 1.82) is 0 Å². The first-order valence-corrected chi connectivity index (χ1v) is 7.45. The van der Waals surface area contributed by atoms with Crippen LogP contribution in [-0.2, 0) is 19.6 Å². The number of aromatic nitrogens is 3. The van der Waals surface area contributed by atoms with Crippen LogP contribution in [0.3, 0.4) is 0 Å². The first-order valence-electron chi connectivity index (χ1n) is 7.45. The minimum absolute atomic E-state index is 0.704. The monoisotopic (exact) mass is 296 g/mol. The molecule has 0 aliphatic carbocycles. The maximum Gasteiger partial charge on any atom is 0.127 e. The van der Waals surface area contributed by atoms with E-state index in [9.17, 15) is 0 Å². The lowest BCUT2D eigenvalue weighted by atomic mass is 10.1. The average Bonchev–Trinajstić information content (AvgIpc) is 3.02. The Balaban J connectivity index is 1.71. The van der Waals surface area contributed by atoms with Gasteiger partial charge in [0.25, 0.3) is 0 Å². The fourth-order valence-corrected chi connectivity index (χ4v) is 2.51. The number of aryl methyl sites for hydroxylation is 1. The summed E-state index contributed by atoms with van der Waals surface area (Å²) in [6.07, 6.45) is 1.80. The first kappa shape index (κ1) is 14.5. The second-order valence-electron chi connectivity index (χ2n) is 5.15. The number of hydrogen-bond acceptors (Lipinski definition) is 4. The molecule has 22 heavy (non-hydrogen) atoms. The van der Waals surface area contributed by atoms with E-state index in [1.54, 1.807) is 18.1 Å². The van der Waals surface area contributed by atoms with Gasteiger partial charge in [-0.2, -0.15) is 15.0 Å². The van der Waals surface area contributed by atoms with E-state index in [0.29, 0.717) is 6.54 Å². The van der Waals surface area contributed by atoms with Gasteiger partial charge in [-0.3, -0.25) is 0 Å². The van der Waals surface area contributed by atoms with Crippen molar-refractivity contribution in [2.24, 2.45) is 0 Å². The van der Waals surface area contributed by atoms with Crippen LogP contribution < -0.4 is 10.1 Å². The molecule has 3 aromatic rings. The van der Waals surface area contributed by atoms with E-state index < -0.39 is 0 Å². The zero-order valence-corrected chi connectivity index (χ0v) is 12.9. The van der Waals surface area contributed by atoms with E-state index in [4.69, 9.17) is 4.74 Å². The van der Waals surface area contributed by atoms with Crippen molar-refractivity contribution in [1.82, 2.24) is 20.3 Å². The molecule has 0 radical (unpaired) electrons. The van der Waals surface area contributed by atoms with Crippen LogP contribution in [0.2, 0.25) is 0 Å². The quantitative estimate of drug-likeness (QED) is 0.760. The van der Waals surface area contributed by atoms with Crippen molar-refractivity contribution in [3.05, 3.63) is 53.9 Å². The number of benzene rings is 2. The van der Waals surface area contributed by atoms with Crippen molar-refractivity contribution in [3.63, 3.8) is 0 Å². The Bertz CT molecular complexity index is 766. The lowest BCUT2D eigenvalue weighted by Crippen LogP contribution is -2.13. The highest BCUT2D eigenvalue weighted by molar-refractivity contribution is 5.89. The van der Waals surface area contributed by atoms with Crippen LogP contribution in [0.5, 0.6) is 5.75 Å². The van der Waals surface area contributed by atoms with Gasteiger partial charge in [-0.15, -0.1) is 0 Å². The zero-order valence-electron chi connectivity index (χ0n) is 12.9. The summed E-state index contributed by atoms with van der Waals surface area (Å²) in [6.45, 7) is 4.29. The molecule has 2 aromatic carbocycles. The number of nitrogens with zero attached hydrogens (tertiary/aromatic N) is 3. The van der Waals surface area contributed by atoms with Crippen molar-refractivity contribution < 1.29 is 4.74 Å². The number of nitrogens with one attached hydrogen (secondary N) is 1. The van der Waals surface area contributed by atoms with E-state index in [2.05, 4.69) is 39.8 Å². The third-order valence-corrected chi connectivity index (χ3v) is 3.61. The van der Waals surface area contributed by atoms with Crippen LogP contribution in [0.1, 0.15) is 18.2 Å². The number of methoxy groups -OCH3 is 1. The number of ether oxygens (including phenoxy) is 1. The molecule has 0 aliphatic rings. The molecule has 3 rings (SSSR count). The van der Waals surface area contributed by atoms with Crippen LogP contribution >= 0.6 is 0 Å². The minimum atomic E-state index is 0.704. The molecule has 0 saturated carbocycles. The molecule has 0 amide bonds. The molecule has 1 N–H and O–H groups in total. The van der Waals surface area contributed by atoms with Crippen LogP contribution in [0.25, 0.3) is 10.8 Å².